The van der Waals surface area contributed by atoms with E-state index in [1.165, 1.54) is 7.11 Å². The number of nitrogens with zero attached hydrogens (tertiary/aromatic N) is 1. The Bertz CT molecular complexity index is 1760. The minimum atomic E-state index is -0.483. The largest absolute Gasteiger partial charge is 0.493 e. The van der Waals surface area contributed by atoms with E-state index in [4.69, 9.17) is 37.9 Å². The Morgan fingerprint density at radius 3 is 1.77 bits per heavy atom. The van der Waals surface area contributed by atoms with E-state index in [-0.39, 0.29) is 12.2 Å². The average molecular weight is 646 g/mol. The molecule has 1 aliphatic heterocycles. The monoisotopic (exact) mass is 645 g/mol. The Morgan fingerprint density at radius 1 is 0.638 bits per heavy atom. The molecular weight excluding hydrogens is 602 g/mol. The number of aryl methyl sites for hydroxylation is 1. The molecule has 0 N–H and O–H groups in total. The second-order valence-corrected chi connectivity index (χ2v) is 11.6. The summed E-state index contributed by atoms with van der Waals surface area (Å²) in [4.78, 5) is 13.8. The van der Waals surface area contributed by atoms with Crippen molar-refractivity contribution in [1.29, 1.82) is 0 Å². The van der Waals surface area contributed by atoms with Gasteiger partial charge in [-0.2, -0.15) is 0 Å². The van der Waals surface area contributed by atoms with Gasteiger partial charge in [-0.3, -0.25) is 0 Å². The molecule has 47 heavy (non-hydrogen) atoms. The Hall–Kier alpha value is -4.99. The highest BCUT2D eigenvalue weighted by molar-refractivity contribution is 6.07. The van der Waals surface area contributed by atoms with Gasteiger partial charge in [-0.15, -0.1) is 0 Å². The molecule has 1 aliphatic rings. The quantitative estimate of drug-likeness (QED) is 0.146. The van der Waals surface area contributed by atoms with Crippen molar-refractivity contribution < 1.29 is 42.7 Å². The number of hydrogen-bond donors (Lipinski definition) is 0. The third kappa shape index (κ3) is 6.12. The normalized spacial score (nSPS) is 11.9. The zero-order valence-corrected chi connectivity index (χ0v) is 28.7. The number of carbonyl (C=O) groups is 1. The Balaban J connectivity index is 1.94. The van der Waals surface area contributed by atoms with Gasteiger partial charge in [0, 0.05) is 23.2 Å². The molecule has 0 aliphatic carbocycles. The highest BCUT2D eigenvalue weighted by atomic mass is 16.5. The van der Waals surface area contributed by atoms with E-state index >= 15 is 0 Å². The number of benzene rings is 3. The lowest BCUT2D eigenvalue weighted by Gasteiger charge is -2.24. The van der Waals surface area contributed by atoms with Gasteiger partial charge in [0.25, 0.3) is 0 Å². The second-order valence-electron chi connectivity index (χ2n) is 11.6. The molecule has 10 heteroatoms. The first kappa shape index (κ1) is 33.4. The number of hydrogen-bond acceptors (Lipinski definition) is 9. The van der Waals surface area contributed by atoms with Crippen LogP contribution in [0, 0.1) is 0 Å². The molecule has 250 valence electrons. The molecule has 0 radical (unpaired) electrons. The van der Waals surface area contributed by atoms with Crippen LogP contribution in [0.2, 0.25) is 0 Å². The number of ether oxygens (including phenoxy) is 8. The van der Waals surface area contributed by atoms with E-state index in [1.54, 1.807) is 35.5 Å². The van der Waals surface area contributed by atoms with Gasteiger partial charge >= 0.3 is 5.97 Å². The number of fused-ring (bicyclic) bond motifs is 3. The summed E-state index contributed by atoms with van der Waals surface area (Å²) in [7, 11) is 9.29. The third-order valence-electron chi connectivity index (χ3n) is 8.02. The molecule has 0 spiro atoms. The topological polar surface area (TPSA) is 95.8 Å². The third-order valence-corrected chi connectivity index (χ3v) is 8.02. The van der Waals surface area contributed by atoms with E-state index in [0.717, 1.165) is 27.9 Å². The van der Waals surface area contributed by atoms with Crippen LogP contribution in [0.25, 0.3) is 33.5 Å². The lowest BCUT2D eigenvalue weighted by Crippen LogP contribution is -2.18. The van der Waals surface area contributed by atoms with Crippen LogP contribution in [-0.4, -0.2) is 65.4 Å². The van der Waals surface area contributed by atoms with Crippen molar-refractivity contribution in [3.05, 3.63) is 53.7 Å². The zero-order chi connectivity index (χ0) is 34.0. The fourth-order valence-corrected chi connectivity index (χ4v) is 6.16. The number of carbonyl (C=O) groups excluding carboxylic acids is 1. The molecule has 0 bridgehead atoms. The summed E-state index contributed by atoms with van der Waals surface area (Å²) in [5.41, 5.74) is 6.08. The Morgan fingerprint density at radius 2 is 1.21 bits per heavy atom. The minimum absolute atomic E-state index is 0.0402. The number of esters is 1. The minimum Gasteiger partial charge on any atom is -0.493 e. The molecule has 0 saturated heterocycles. The molecule has 4 aromatic rings. The SMILES string of the molecule is COC(=O)c1c(-c2cc(OC)c(OC)c(OC)c2)c(-c2ccc(OC(C)C)c(OC)c2)c2n1CCc1cc(OC(C)C)c(OC)cc1-2. The van der Waals surface area contributed by atoms with Crippen LogP contribution < -0.4 is 33.2 Å². The molecule has 0 atom stereocenters. The zero-order valence-electron chi connectivity index (χ0n) is 28.7. The van der Waals surface area contributed by atoms with Gasteiger partial charge in [-0.1, -0.05) is 6.07 Å². The van der Waals surface area contributed by atoms with E-state index in [9.17, 15) is 4.79 Å². The van der Waals surface area contributed by atoms with Crippen molar-refractivity contribution in [1.82, 2.24) is 4.57 Å². The van der Waals surface area contributed by atoms with Crippen LogP contribution in [0.5, 0.6) is 40.2 Å². The van der Waals surface area contributed by atoms with Gasteiger partial charge in [0.15, 0.2) is 34.5 Å². The molecule has 0 saturated carbocycles. The van der Waals surface area contributed by atoms with Gasteiger partial charge in [-0.05, 0) is 87.2 Å². The van der Waals surface area contributed by atoms with Gasteiger partial charge in [-0.25, -0.2) is 4.79 Å². The summed E-state index contributed by atoms with van der Waals surface area (Å²) in [5.74, 6) is 3.27. The van der Waals surface area contributed by atoms with Crippen LogP contribution >= 0.6 is 0 Å². The molecule has 10 nitrogen and oxygen atoms in total. The van der Waals surface area contributed by atoms with E-state index < -0.39 is 5.97 Å². The average Bonchev–Trinajstić information content (AvgIpc) is 3.42. The maximum Gasteiger partial charge on any atom is 0.355 e. The van der Waals surface area contributed by atoms with Crippen LogP contribution in [-0.2, 0) is 17.7 Å². The molecule has 2 heterocycles. The first-order chi connectivity index (χ1) is 22.6. The molecule has 0 fully saturated rings. The molecule has 0 unspecified atom stereocenters. The highest BCUT2D eigenvalue weighted by Gasteiger charge is 2.35. The summed E-state index contributed by atoms with van der Waals surface area (Å²) >= 11 is 0. The maximum atomic E-state index is 13.8. The number of aromatic nitrogens is 1. The predicted octanol–water partition coefficient (Wildman–Crippen LogP) is 7.45. The standard InChI is InChI=1S/C37H43NO9/c1-20(2)46-26-12-11-23(16-27(26)40-5)32-33(24-17-30(42-7)36(44-9)31(18-24)43-8)35(37(39)45-10)38-14-13-22-15-29(47-21(3)4)28(41-6)19-25(22)34(32)38/h11-12,15-21H,13-14H2,1-10H3. The molecule has 5 rings (SSSR count). The van der Waals surface area contributed by atoms with E-state index in [0.29, 0.717) is 70.0 Å². The fraction of sp³-hybridized carbons (Fsp3) is 0.378. The van der Waals surface area contributed by atoms with Gasteiger partial charge in [0.05, 0.1) is 60.6 Å². The van der Waals surface area contributed by atoms with E-state index in [2.05, 4.69) is 0 Å². The van der Waals surface area contributed by atoms with Crippen LogP contribution in [0.4, 0.5) is 0 Å². The van der Waals surface area contributed by atoms with Crippen molar-refractivity contribution >= 4 is 5.97 Å². The van der Waals surface area contributed by atoms with Crippen molar-refractivity contribution in [2.75, 3.05) is 42.7 Å². The number of methoxy groups -OCH3 is 6. The smallest absolute Gasteiger partial charge is 0.355 e. The second kappa shape index (κ2) is 13.8. The molecule has 1 aromatic heterocycles. The summed E-state index contributed by atoms with van der Waals surface area (Å²) in [6.45, 7) is 8.40. The van der Waals surface area contributed by atoms with E-state index in [1.807, 2.05) is 74.7 Å². The van der Waals surface area contributed by atoms with Gasteiger partial charge in [0.2, 0.25) is 5.75 Å². The summed E-state index contributed by atoms with van der Waals surface area (Å²) in [5, 5.41) is 0. The number of rotatable bonds is 12. The van der Waals surface area contributed by atoms with Crippen molar-refractivity contribution in [2.45, 2.75) is 52.9 Å². The maximum absolute atomic E-state index is 13.8. The van der Waals surface area contributed by atoms with Crippen molar-refractivity contribution in [3.63, 3.8) is 0 Å². The molecular formula is C37H43NO9. The van der Waals surface area contributed by atoms with Crippen LogP contribution in [0.1, 0.15) is 43.7 Å². The Kier molecular flexibility index (Phi) is 9.79. The highest BCUT2D eigenvalue weighted by Crippen LogP contribution is 2.52. The predicted molar refractivity (Wildman–Crippen MR) is 180 cm³/mol. The summed E-state index contributed by atoms with van der Waals surface area (Å²) in [6.07, 6.45) is 0.554. The van der Waals surface area contributed by atoms with Crippen LogP contribution in [0.15, 0.2) is 42.5 Å². The lowest BCUT2D eigenvalue weighted by atomic mass is 9.89. The summed E-state index contributed by atoms with van der Waals surface area (Å²) < 4.78 is 48.4. The van der Waals surface area contributed by atoms with Gasteiger partial charge < -0.3 is 42.5 Å². The fourth-order valence-electron chi connectivity index (χ4n) is 6.16. The summed E-state index contributed by atoms with van der Waals surface area (Å²) in [6, 6.07) is 13.5. The lowest BCUT2D eigenvalue weighted by molar-refractivity contribution is 0.0589. The first-order valence-electron chi connectivity index (χ1n) is 15.5. The Labute approximate surface area is 276 Å². The first-order valence-corrected chi connectivity index (χ1v) is 15.5. The van der Waals surface area contributed by atoms with Crippen LogP contribution in [0.3, 0.4) is 0 Å². The van der Waals surface area contributed by atoms with Crippen molar-refractivity contribution in [2.24, 2.45) is 0 Å². The molecule has 0 amide bonds. The molecule has 3 aromatic carbocycles. The van der Waals surface area contributed by atoms with Gasteiger partial charge in [0.1, 0.15) is 5.69 Å². The van der Waals surface area contributed by atoms with Crippen molar-refractivity contribution in [3.8, 4) is 73.8 Å².